The average molecular weight is 566 g/mol. The number of rotatable bonds is 11. The molecule has 2 aromatic carbocycles. The highest BCUT2D eigenvalue weighted by molar-refractivity contribution is 7.92. The lowest BCUT2D eigenvalue weighted by atomic mass is 10.0. The van der Waals surface area contributed by atoms with E-state index in [2.05, 4.69) is 5.32 Å². The molecule has 0 bridgehead atoms. The Bertz CT molecular complexity index is 1240. The van der Waals surface area contributed by atoms with Crippen LogP contribution < -0.4 is 19.1 Å². The number of halogens is 1. The lowest BCUT2D eigenvalue weighted by Gasteiger charge is -2.33. The van der Waals surface area contributed by atoms with Gasteiger partial charge in [0.2, 0.25) is 28.6 Å². The van der Waals surface area contributed by atoms with Crippen LogP contribution in [-0.4, -0.2) is 56.3 Å². The van der Waals surface area contributed by atoms with Gasteiger partial charge in [0.05, 0.1) is 11.9 Å². The molecule has 1 unspecified atom stereocenters. The van der Waals surface area contributed by atoms with Crippen LogP contribution in [0, 0.1) is 0 Å². The minimum absolute atomic E-state index is 0.0590. The molecule has 0 aliphatic carbocycles. The van der Waals surface area contributed by atoms with Crippen molar-refractivity contribution in [3.05, 3.63) is 53.1 Å². The maximum absolute atomic E-state index is 13.5. The van der Waals surface area contributed by atoms with Crippen molar-refractivity contribution in [1.29, 1.82) is 0 Å². The van der Waals surface area contributed by atoms with E-state index in [1.807, 2.05) is 39.8 Å². The number of benzene rings is 2. The highest BCUT2D eigenvalue weighted by atomic mass is 35.5. The number of nitrogens with one attached hydrogen (secondary N) is 1. The van der Waals surface area contributed by atoms with Crippen LogP contribution in [0.15, 0.2) is 42.5 Å². The highest BCUT2D eigenvalue weighted by Gasteiger charge is 2.31. The smallest absolute Gasteiger partial charge is 0.243 e. The van der Waals surface area contributed by atoms with Gasteiger partial charge in [0.15, 0.2) is 11.5 Å². The molecule has 2 amide bonds. The van der Waals surface area contributed by atoms with E-state index in [-0.39, 0.29) is 44.5 Å². The van der Waals surface area contributed by atoms with Gasteiger partial charge >= 0.3 is 0 Å². The average Bonchev–Trinajstić information content (AvgIpc) is 3.29. The Morgan fingerprint density at radius 3 is 2.34 bits per heavy atom. The summed E-state index contributed by atoms with van der Waals surface area (Å²) in [7, 11) is -3.63. The van der Waals surface area contributed by atoms with Crippen molar-refractivity contribution in [3.63, 3.8) is 0 Å². The second kappa shape index (κ2) is 12.3. The Labute approximate surface area is 230 Å². The minimum Gasteiger partial charge on any atom is -0.454 e. The number of carbonyl (C=O) groups is 2. The van der Waals surface area contributed by atoms with Crippen LogP contribution in [0.1, 0.15) is 52.5 Å². The summed E-state index contributed by atoms with van der Waals surface area (Å²) in [4.78, 5) is 28.2. The predicted octanol–water partition coefficient (Wildman–Crippen LogP) is 4.34. The van der Waals surface area contributed by atoms with Crippen molar-refractivity contribution >= 4 is 39.1 Å². The molecule has 3 rings (SSSR count). The second-order valence-corrected chi connectivity index (χ2v) is 12.6. The van der Waals surface area contributed by atoms with Gasteiger partial charge in [-0.25, -0.2) is 8.42 Å². The molecule has 2 aromatic rings. The van der Waals surface area contributed by atoms with Gasteiger partial charge in [0, 0.05) is 36.1 Å². The number of hydrogen-bond donors (Lipinski definition) is 1. The first kappa shape index (κ1) is 29.6. The van der Waals surface area contributed by atoms with Crippen LogP contribution in [0.4, 0.5) is 5.69 Å². The summed E-state index contributed by atoms with van der Waals surface area (Å²) in [6.45, 7) is 7.92. The first-order chi connectivity index (χ1) is 17.8. The molecule has 0 spiro atoms. The van der Waals surface area contributed by atoms with E-state index >= 15 is 0 Å². The van der Waals surface area contributed by atoms with Crippen LogP contribution in [0.5, 0.6) is 11.5 Å². The van der Waals surface area contributed by atoms with Crippen molar-refractivity contribution in [2.45, 2.75) is 65.1 Å². The lowest BCUT2D eigenvalue weighted by Crippen LogP contribution is -2.53. The van der Waals surface area contributed by atoms with Crippen LogP contribution in [0.25, 0.3) is 0 Å². The van der Waals surface area contributed by atoms with E-state index in [9.17, 15) is 18.0 Å². The Balaban J connectivity index is 1.77. The number of carbonyl (C=O) groups excluding carboxylic acids is 2. The first-order valence-corrected chi connectivity index (χ1v) is 14.7. The SMILES string of the molecule is CCC(C(=O)NC(C)(C)C)N(Cc1ccc(Cl)cc1)C(=O)CCCN(c1ccc2c(c1)OCO2)S(C)(=O)=O. The van der Waals surface area contributed by atoms with E-state index in [1.54, 1.807) is 35.2 Å². The molecule has 1 aliphatic heterocycles. The summed E-state index contributed by atoms with van der Waals surface area (Å²) in [5.74, 6) is 0.543. The molecular formula is C27H36ClN3O6S. The molecule has 1 aliphatic rings. The van der Waals surface area contributed by atoms with Gasteiger partial charge in [-0.1, -0.05) is 30.7 Å². The summed E-state index contributed by atoms with van der Waals surface area (Å²) in [5.41, 5.74) is 0.807. The first-order valence-electron chi connectivity index (χ1n) is 12.5. The second-order valence-electron chi connectivity index (χ2n) is 10.3. The largest absolute Gasteiger partial charge is 0.454 e. The van der Waals surface area contributed by atoms with Gasteiger partial charge in [-0.2, -0.15) is 0 Å². The molecule has 11 heteroatoms. The van der Waals surface area contributed by atoms with Gasteiger partial charge in [0.25, 0.3) is 0 Å². The zero-order valence-electron chi connectivity index (χ0n) is 22.5. The highest BCUT2D eigenvalue weighted by Crippen LogP contribution is 2.36. The lowest BCUT2D eigenvalue weighted by molar-refractivity contribution is -0.142. The molecule has 0 fully saturated rings. The fraction of sp³-hybridized carbons (Fsp3) is 0.481. The van der Waals surface area contributed by atoms with Gasteiger partial charge < -0.3 is 19.7 Å². The van der Waals surface area contributed by atoms with E-state index < -0.39 is 21.6 Å². The maximum atomic E-state index is 13.5. The summed E-state index contributed by atoms with van der Waals surface area (Å²) in [6.07, 6.45) is 1.86. The Hall–Kier alpha value is -2.98. The molecule has 1 N–H and O–H groups in total. The number of ether oxygens (including phenoxy) is 2. The number of anilines is 1. The number of nitrogens with zero attached hydrogens (tertiary/aromatic N) is 2. The zero-order chi connectivity index (χ0) is 28.1. The molecule has 1 heterocycles. The Kier molecular flexibility index (Phi) is 9.54. The minimum atomic E-state index is -3.63. The molecule has 0 radical (unpaired) electrons. The summed E-state index contributed by atoms with van der Waals surface area (Å²) in [5, 5.41) is 3.55. The van der Waals surface area contributed by atoms with E-state index in [0.717, 1.165) is 11.8 Å². The third-order valence-electron chi connectivity index (χ3n) is 5.95. The fourth-order valence-electron chi connectivity index (χ4n) is 4.20. The van der Waals surface area contributed by atoms with E-state index in [4.69, 9.17) is 21.1 Å². The predicted molar refractivity (Wildman–Crippen MR) is 148 cm³/mol. The summed E-state index contributed by atoms with van der Waals surface area (Å²) in [6, 6.07) is 11.4. The third-order valence-corrected chi connectivity index (χ3v) is 7.39. The van der Waals surface area contributed by atoms with Gasteiger partial charge in [-0.15, -0.1) is 0 Å². The van der Waals surface area contributed by atoms with Crippen LogP contribution in [0.2, 0.25) is 5.02 Å². The number of fused-ring (bicyclic) bond motifs is 1. The fourth-order valence-corrected chi connectivity index (χ4v) is 5.29. The number of sulfonamides is 1. The van der Waals surface area contributed by atoms with Gasteiger partial charge in [-0.05, 0) is 63.4 Å². The van der Waals surface area contributed by atoms with E-state index in [0.29, 0.717) is 28.6 Å². The van der Waals surface area contributed by atoms with Crippen molar-refractivity contribution in [1.82, 2.24) is 10.2 Å². The van der Waals surface area contributed by atoms with Crippen molar-refractivity contribution in [3.8, 4) is 11.5 Å². The molecule has 208 valence electrons. The van der Waals surface area contributed by atoms with Crippen LogP contribution in [0.3, 0.4) is 0 Å². The molecule has 0 saturated carbocycles. The maximum Gasteiger partial charge on any atom is 0.243 e. The van der Waals surface area contributed by atoms with Gasteiger partial charge in [0.1, 0.15) is 6.04 Å². The quantitative estimate of drug-likeness (QED) is 0.434. The van der Waals surface area contributed by atoms with Gasteiger partial charge in [-0.3, -0.25) is 13.9 Å². The van der Waals surface area contributed by atoms with Crippen molar-refractivity contribution in [2.24, 2.45) is 0 Å². The molecule has 0 saturated heterocycles. The topological polar surface area (TPSA) is 105 Å². The van der Waals surface area contributed by atoms with Crippen LogP contribution >= 0.6 is 11.6 Å². The zero-order valence-corrected chi connectivity index (χ0v) is 24.1. The monoisotopic (exact) mass is 565 g/mol. The summed E-state index contributed by atoms with van der Waals surface area (Å²) >= 11 is 6.03. The molecule has 38 heavy (non-hydrogen) atoms. The Morgan fingerprint density at radius 1 is 1.08 bits per heavy atom. The number of hydrogen-bond acceptors (Lipinski definition) is 6. The van der Waals surface area contributed by atoms with E-state index in [1.165, 1.54) is 4.31 Å². The van der Waals surface area contributed by atoms with Crippen molar-refractivity contribution < 1.29 is 27.5 Å². The standard InChI is InChI=1S/C27H36ClN3O6S/c1-6-22(26(33)29-27(2,3)4)30(17-19-9-11-20(28)12-10-19)25(32)8-7-15-31(38(5,34)35)21-13-14-23-24(16-21)37-18-36-23/h9-14,16,22H,6-8,15,17-18H2,1-5H3,(H,29,33). The normalized spacial score (nSPS) is 13.6. The molecule has 1 atom stereocenters. The summed E-state index contributed by atoms with van der Waals surface area (Å²) < 4.78 is 37.1. The third kappa shape index (κ3) is 8.01. The molecule has 9 nitrogen and oxygen atoms in total. The molecule has 0 aromatic heterocycles. The van der Waals surface area contributed by atoms with Crippen molar-refractivity contribution in [2.75, 3.05) is 23.9 Å². The van der Waals surface area contributed by atoms with Crippen LogP contribution in [-0.2, 0) is 26.2 Å². The molecular weight excluding hydrogens is 530 g/mol. The number of amides is 2. The Morgan fingerprint density at radius 2 is 1.74 bits per heavy atom.